The summed E-state index contributed by atoms with van der Waals surface area (Å²) in [6.45, 7) is 8.43. The van der Waals surface area contributed by atoms with Crippen LogP contribution in [-0.2, 0) is 16.1 Å². The summed E-state index contributed by atoms with van der Waals surface area (Å²) in [5, 5.41) is 7.29. The van der Waals surface area contributed by atoms with Gasteiger partial charge in [0.15, 0.2) is 5.96 Å². The number of benzene rings is 1. The summed E-state index contributed by atoms with van der Waals surface area (Å²) < 4.78 is 11.4. The molecule has 0 bridgehead atoms. The Hall–Kier alpha value is -0.570. The van der Waals surface area contributed by atoms with E-state index in [1.54, 1.807) is 0 Å². The highest BCUT2D eigenvalue weighted by Crippen LogP contribution is 2.24. The molecule has 1 atom stereocenters. The van der Waals surface area contributed by atoms with E-state index >= 15 is 0 Å². The molecule has 1 heterocycles. The third-order valence-electron chi connectivity index (χ3n) is 3.94. The fraction of sp³-hybridized carbons (Fsp3) is 0.611. The first-order valence-electron chi connectivity index (χ1n) is 8.60. The predicted molar refractivity (Wildman–Crippen MR) is 114 cm³/mol. The molecule has 0 aliphatic carbocycles. The first-order valence-corrected chi connectivity index (χ1v) is 8.97. The number of rotatable bonds is 8. The fourth-order valence-electron chi connectivity index (χ4n) is 2.56. The van der Waals surface area contributed by atoms with Crippen molar-refractivity contribution in [1.82, 2.24) is 10.6 Å². The van der Waals surface area contributed by atoms with Crippen LogP contribution in [0, 0.1) is 0 Å². The zero-order valence-electron chi connectivity index (χ0n) is 15.0. The minimum absolute atomic E-state index is 0. The number of nitrogens with one attached hydrogen (secondary N) is 2. The number of guanidine groups is 1. The molecule has 1 aromatic rings. The van der Waals surface area contributed by atoms with Crippen molar-refractivity contribution in [3.05, 3.63) is 34.9 Å². The summed E-state index contributed by atoms with van der Waals surface area (Å²) in [6.07, 6.45) is 2.19. The van der Waals surface area contributed by atoms with E-state index in [9.17, 15) is 0 Å². The number of halogens is 2. The highest BCUT2D eigenvalue weighted by molar-refractivity contribution is 14.0. The lowest BCUT2D eigenvalue weighted by Crippen LogP contribution is -2.40. The van der Waals surface area contributed by atoms with Gasteiger partial charge in [-0.25, -0.2) is 0 Å². The van der Waals surface area contributed by atoms with Gasteiger partial charge in [-0.15, -0.1) is 24.0 Å². The van der Waals surface area contributed by atoms with Crippen LogP contribution in [0.1, 0.15) is 32.3 Å². The molecule has 1 fully saturated rings. The molecule has 0 aromatic heterocycles. The van der Waals surface area contributed by atoms with Crippen LogP contribution in [0.4, 0.5) is 0 Å². The molecule has 2 N–H and O–H groups in total. The minimum Gasteiger partial charge on any atom is -0.375 e. The van der Waals surface area contributed by atoms with E-state index in [1.807, 2.05) is 24.3 Å². The molecule has 5 nitrogen and oxygen atoms in total. The third-order valence-corrected chi connectivity index (χ3v) is 4.19. The number of nitrogens with zero attached hydrogens (tertiary/aromatic N) is 1. The van der Waals surface area contributed by atoms with E-state index in [-0.39, 0.29) is 29.6 Å². The Morgan fingerprint density at radius 1 is 1.32 bits per heavy atom. The summed E-state index contributed by atoms with van der Waals surface area (Å²) in [5.41, 5.74) is 0.999. The van der Waals surface area contributed by atoms with Crippen LogP contribution in [-0.4, -0.2) is 44.4 Å². The Kier molecular flexibility index (Phi) is 10.7. The number of hydrogen-bond donors (Lipinski definition) is 2. The van der Waals surface area contributed by atoms with E-state index in [1.165, 1.54) is 0 Å². The highest BCUT2D eigenvalue weighted by atomic mass is 127. The van der Waals surface area contributed by atoms with Gasteiger partial charge < -0.3 is 20.1 Å². The molecular weight excluding hydrogens is 453 g/mol. The van der Waals surface area contributed by atoms with Gasteiger partial charge in [0.2, 0.25) is 0 Å². The van der Waals surface area contributed by atoms with Gasteiger partial charge in [0.1, 0.15) is 0 Å². The lowest BCUT2D eigenvalue weighted by atomic mass is 10.0. The molecule has 0 amide bonds. The summed E-state index contributed by atoms with van der Waals surface area (Å²) >= 11 is 5.87. The molecule has 0 radical (unpaired) electrons. The molecule has 0 saturated carbocycles. The summed E-state index contributed by atoms with van der Waals surface area (Å²) in [5.74, 6) is 0.810. The molecule has 142 valence electrons. The molecule has 7 heteroatoms. The van der Waals surface area contributed by atoms with Crippen molar-refractivity contribution < 1.29 is 9.47 Å². The number of aliphatic imine (C=N–C) groups is 1. The topological polar surface area (TPSA) is 54.9 Å². The Bertz CT molecular complexity index is 520. The zero-order valence-corrected chi connectivity index (χ0v) is 18.1. The van der Waals surface area contributed by atoms with Crippen LogP contribution in [0.15, 0.2) is 29.3 Å². The zero-order chi connectivity index (χ0) is 17.3. The second kappa shape index (κ2) is 11.9. The lowest BCUT2D eigenvalue weighted by Gasteiger charge is -2.21. The monoisotopic (exact) mass is 481 g/mol. The summed E-state index contributed by atoms with van der Waals surface area (Å²) in [7, 11) is 0. The average molecular weight is 482 g/mol. The van der Waals surface area contributed by atoms with Gasteiger partial charge in [-0.3, -0.25) is 4.99 Å². The lowest BCUT2D eigenvalue weighted by molar-refractivity contribution is 0.0283. The normalized spacial score (nSPS) is 20.2. The molecular formula is C18H29ClIN3O2. The van der Waals surface area contributed by atoms with Gasteiger partial charge in [-0.2, -0.15) is 0 Å². The second-order valence-corrected chi connectivity index (χ2v) is 6.64. The van der Waals surface area contributed by atoms with Gasteiger partial charge in [-0.1, -0.05) is 23.7 Å². The maximum absolute atomic E-state index is 5.87. The van der Waals surface area contributed by atoms with Crippen molar-refractivity contribution in [2.24, 2.45) is 4.99 Å². The van der Waals surface area contributed by atoms with Crippen molar-refractivity contribution in [2.75, 3.05) is 32.8 Å². The molecule has 1 aliphatic rings. The second-order valence-electron chi connectivity index (χ2n) is 6.20. The smallest absolute Gasteiger partial charge is 0.191 e. The van der Waals surface area contributed by atoms with Crippen molar-refractivity contribution in [3.8, 4) is 0 Å². The van der Waals surface area contributed by atoms with Gasteiger partial charge in [-0.05, 0) is 44.4 Å². The van der Waals surface area contributed by atoms with Gasteiger partial charge in [0.25, 0.3) is 0 Å². The van der Waals surface area contributed by atoms with Crippen LogP contribution in [0.5, 0.6) is 0 Å². The largest absolute Gasteiger partial charge is 0.375 e. The maximum atomic E-state index is 5.87. The van der Waals surface area contributed by atoms with E-state index in [0.29, 0.717) is 26.3 Å². The summed E-state index contributed by atoms with van der Waals surface area (Å²) in [4.78, 5) is 4.63. The maximum Gasteiger partial charge on any atom is 0.191 e. The van der Waals surface area contributed by atoms with Gasteiger partial charge in [0, 0.05) is 24.7 Å². The van der Waals surface area contributed by atoms with Crippen molar-refractivity contribution >= 4 is 41.5 Å². The minimum atomic E-state index is -0.118. The van der Waals surface area contributed by atoms with Crippen LogP contribution in [0.2, 0.25) is 5.02 Å². The quantitative estimate of drug-likeness (QED) is 0.258. The van der Waals surface area contributed by atoms with Crippen LogP contribution < -0.4 is 10.6 Å². The van der Waals surface area contributed by atoms with Crippen molar-refractivity contribution in [1.29, 1.82) is 0 Å². The van der Waals surface area contributed by atoms with Gasteiger partial charge in [0.05, 0.1) is 25.4 Å². The van der Waals surface area contributed by atoms with Crippen LogP contribution >= 0.6 is 35.6 Å². The van der Waals surface area contributed by atoms with E-state index in [2.05, 4.69) is 29.5 Å². The summed E-state index contributed by atoms with van der Waals surface area (Å²) in [6, 6.07) is 7.70. The van der Waals surface area contributed by atoms with Crippen molar-refractivity contribution in [2.45, 2.75) is 38.9 Å². The fourth-order valence-corrected chi connectivity index (χ4v) is 2.69. The molecule has 1 unspecified atom stereocenters. The molecule has 1 aromatic carbocycles. The average Bonchev–Trinajstić information content (AvgIpc) is 3.01. The third kappa shape index (κ3) is 8.57. The van der Waals surface area contributed by atoms with E-state index in [4.69, 9.17) is 21.1 Å². The number of ether oxygens (including phenoxy) is 2. The van der Waals surface area contributed by atoms with Gasteiger partial charge >= 0.3 is 0 Å². The molecule has 1 saturated heterocycles. The van der Waals surface area contributed by atoms with Crippen molar-refractivity contribution in [3.63, 3.8) is 0 Å². The standard InChI is InChI=1S/C18H28ClN3O2.HI/c1-3-20-17(22-14-18(2)9-4-11-24-18)21-10-12-23-13-15-5-7-16(19)8-6-15;/h5-8H,3-4,9-14H2,1-2H3,(H2,20,21,22);1H. The first kappa shape index (κ1) is 22.5. The SMILES string of the molecule is CCNC(=NCC1(C)CCCO1)NCCOCc1ccc(Cl)cc1.I. The Labute approximate surface area is 172 Å². The Morgan fingerprint density at radius 3 is 2.72 bits per heavy atom. The number of hydrogen-bond acceptors (Lipinski definition) is 3. The van der Waals surface area contributed by atoms with Crippen LogP contribution in [0.25, 0.3) is 0 Å². The van der Waals surface area contributed by atoms with Crippen LogP contribution in [0.3, 0.4) is 0 Å². The molecule has 0 spiro atoms. The highest BCUT2D eigenvalue weighted by Gasteiger charge is 2.29. The first-order chi connectivity index (χ1) is 11.6. The Balaban J connectivity index is 0.00000312. The predicted octanol–water partition coefficient (Wildman–Crippen LogP) is 3.60. The molecule has 25 heavy (non-hydrogen) atoms. The molecule has 1 aliphatic heterocycles. The molecule has 2 rings (SSSR count). The van der Waals surface area contributed by atoms with E-state index in [0.717, 1.165) is 42.5 Å². The Morgan fingerprint density at radius 2 is 2.08 bits per heavy atom. The van der Waals surface area contributed by atoms with E-state index < -0.39 is 0 Å².